The van der Waals surface area contributed by atoms with Crippen molar-refractivity contribution in [3.63, 3.8) is 0 Å². The van der Waals surface area contributed by atoms with Crippen molar-refractivity contribution >= 4 is 40.3 Å². The van der Waals surface area contributed by atoms with Gasteiger partial charge in [0.25, 0.3) is 11.7 Å². The lowest BCUT2D eigenvalue weighted by atomic mass is 10.2. The zero-order chi connectivity index (χ0) is 22.2. The number of thiophene rings is 1. The first-order valence-electron chi connectivity index (χ1n) is 8.78. The molecule has 0 unspecified atom stereocenters. The molecular weight excluding hydrogens is 433 g/mol. The summed E-state index contributed by atoms with van der Waals surface area (Å²) in [5.41, 5.74) is -0.132. The number of halogens is 3. The van der Waals surface area contributed by atoms with E-state index in [4.69, 9.17) is 0 Å². The number of alkyl halides is 3. The van der Waals surface area contributed by atoms with Gasteiger partial charge in [-0.05, 0) is 41.8 Å². The molecule has 0 aliphatic rings. The number of hydrogen-bond donors (Lipinski definition) is 2. The SMILES string of the molecule is CC(=O)Nc1ccc(NC(=O)c2nc3nc(-c4cccs4)cc(C(F)(F)F)n3n2)cc1. The van der Waals surface area contributed by atoms with Gasteiger partial charge in [0.1, 0.15) is 0 Å². The third kappa shape index (κ3) is 4.38. The van der Waals surface area contributed by atoms with E-state index in [0.717, 1.165) is 6.07 Å². The molecule has 0 radical (unpaired) electrons. The smallest absolute Gasteiger partial charge is 0.326 e. The van der Waals surface area contributed by atoms with Gasteiger partial charge in [-0.2, -0.15) is 22.7 Å². The Morgan fingerprint density at radius 2 is 1.71 bits per heavy atom. The molecule has 31 heavy (non-hydrogen) atoms. The van der Waals surface area contributed by atoms with Crippen LogP contribution in [0, 0.1) is 0 Å². The maximum Gasteiger partial charge on any atom is 0.433 e. The van der Waals surface area contributed by atoms with Gasteiger partial charge in [0.05, 0.1) is 10.6 Å². The molecular formula is C19H13F3N6O2S. The standard InChI is InChI=1S/C19H13F3N6O2S/c1-10(29)23-11-4-6-12(7-5-11)24-17(30)16-26-18-25-13(14-3-2-8-31-14)9-15(19(20,21)22)28(18)27-16/h2-9H,1H3,(H,23,29)(H,24,30). The van der Waals surface area contributed by atoms with Crippen LogP contribution >= 0.6 is 11.3 Å². The van der Waals surface area contributed by atoms with Crippen molar-refractivity contribution < 1.29 is 22.8 Å². The fourth-order valence-electron chi connectivity index (χ4n) is 2.74. The molecule has 0 bridgehead atoms. The molecule has 0 aliphatic carbocycles. The highest BCUT2D eigenvalue weighted by Crippen LogP contribution is 2.33. The predicted octanol–water partition coefficient (Wildman–Crippen LogP) is 4.08. The maximum atomic E-state index is 13.6. The molecule has 4 aromatic rings. The molecule has 0 atom stereocenters. The van der Waals surface area contributed by atoms with Crippen molar-refractivity contribution in [3.8, 4) is 10.6 Å². The molecule has 1 aromatic carbocycles. The summed E-state index contributed by atoms with van der Waals surface area (Å²) in [5, 5.41) is 10.5. The van der Waals surface area contributed by atoms with Crippen molar-refractivity contribution in [1.82, 2.24) is 19.6 Å². The average Bonchev–Trinajstić information content (AvgIpc) is 3.37. The lowest BCUT2D eigenvalue weighted by Gasteiger charge is -2.09. The number of hydrogen-bond acceptors (Lipinski definition) is 6. The summed E-state index contributed by atoms with van der Waals surface area (Å²) in [6.45, 7) is 1.36. The molecule has 4 rings (SSSR count). The molecule has 12 heteroatoms. The number of carbonyl (C=O) groups excluding carboxylic acids is 2. The van der Waals surface area contributed by atoms with E-state index in [9.17, 15) is 22.8 Å². The van der Waals surface area contributed by atoms with Crippen molar-refractivity contribution in [3.05, 3.63) is 59.4 Å². The fourth-order valence-corrected chi connectivity index (χ4v) is 3.43. The normalized spacial score (nSPS) is 11.5. The average molecular weight is 446 g/mol. The molecule has 0 saturated carbocycles. The molecule has 3 heterocycles. The largest absolute Gasteiger partial charge is 0.433 e. The van der Waals surface area contributed by atoms with Gasteiger partial charge in [-0.1, -0.05) is 6.07 Å². The number of fused-ring (bicyclic) bond motifs is 1. The molecule has 2 N–H and O–H groups in total. The Kier molecular flexibility index (Phi) is 5.15. The quantitative estimate of drug-likeness (QED) is 0.492. The zero-order valence-electron chi connectivity index (χ0n) is 15.8. The summed E-state index contributed by atoms with van der Waals surface area (Å²) in [6.07, 6.45) is -4.73. The van der Waals surface area contributed by atoms with Crippen LogP contribution in [0.15, 0.2) is 47.8 Å². The number of benzene rings is 1. The van der Waals surface area contributed by atoms with Crippen LogP contribution in [-0.4, -0.2) is 31.4 Å². The second-order valence-electron chi connectivity index (χ2n) is 6.36. The Morgan fingerprint density at radius 3 is 2.29 bits per heavy atom. The molecule has 0 saturated heterocycles. The second kappa shape index (κ2) is 7.80. The van der Waals surface area contributed by atoms with Gasteiger partial charge in [-0.15, -0.1) is 16.4 Å². The van der Waals surface area contributed by atoms with E-state index in [1.807, 2.05) is 0 Å². The van der Waals surface area contributed by atoms with Crippen LogP contribution in [-0.2, 0) is 11.0 Å². The Hall–Kier alpha value is -3.80. The fraction of sp³-hybridized carbons (Fsp3) is 0.105. The van der Waals surface area contributed by atoms with Crippen LogP contribution in [0.5, 0.6) is 0 Å². The summed E-state index contributed by atoms with van der Waals surface area (Å²) in [4.78, 5) is 32.1. The first kappa shape index (κ1) is 20.5. The first-order chi connectivity index (χ1) is 14.7. The molecule has 0 aliphatic heterocycles. The molecule has 8 nitrogen and oxygen atoms in total. The number of nitrogens with one attached hydrogen (secondary N) is 2. The number of aromatic nitrogens is 4. The minimum Gasteiger partial charge on any atom is -0.326 e. The number of amides is 2. The number of rotatable bonds is 4. The molecule has 2 amide bonds. The minimum atomic E-state index is -4.73. The van der Waals surface area contributed by atoms with Crippen molar-refractivity contribution in [2.75, 3.05) is 10.6 Å². The highest BCUT2D eigenvalue weighted by molar-refractivity contribution is 7.13. The monoisotopic (exact) mass is 446 g/mol. The van der Waals surface area contributed by atoms with Crippen molar-refractivity contribution in [2.24, 2.45) is 0 Å². The lowest BCUT2D eigenvalue weighted by Crippen LogP contribution is -2.16. The molecule has 0 fully saturated rings. The third-order valence-electron chi connectivity index (χ3n) is 4.04. The van der Waals surface area contributed by atoms with E-state index >= 15 is 0 Å². The Bertz CT molecular complexity index is 1270. The molecule has 158 valence electrons. The summed E-state index contributed by atoms with van der Waals surface area (Å²) >= 11 is 1.23. The van der Waals surface area contributed by atoms with E-state index in [0.29, 0.717) is 20.8 Å². The maximum absolute atomic E-state index is 13.6. The zero-order valence-corrected chi connectivity index (χ0v) is 16.6. The van der Waals surface area contributed by atoms with Crippen molar-refractivity contribution in [1.29, 1.82) is 0 Å². The highest BCUT2D eigenvalue weighted by atomic mass is 32.1. The summed E-state index contributed by atoms with van der Waals surface area (Å²) < 4.78 is 41.3. The van der Waals surface area contributed by atoms with Crippen LogP contribution in [0.2, 0.25) is 0 Å². The van der Waals surface area contributed by atoms with E-state index in [1.54, 1.807) is 29.6 Å². The molecule has 3 aromatic heterocycles. The van der Waals surface area contributed by atoms with Gasteiger partial charge in [0.15, 0.2) is 5.69 Å². The Balaban J connectivity index is 1.66. The van der Waals surface area contributed by atoms with Crippen LogP contribution in [0.1, 0.15) is 23.2 Å². The number of anilines is 2. The van der Waals surface area contributed by atoms with E-state index in [-0.39, 0.29) is 17.4 Å². The predicted molar refractivity (Wildman–Crippen MR) is 108 cm³/mol. The van der Waals surface area contributed by atoms with Crippen LogP contribution in [0.4, 0.5) is 24.5 Å². The van der Waals surface area contributed by atoms with Gasteiger partial charge < -0.3 is 10.6 Å². The number of nitrogens with zero attached hydrogens (tertiary/aromatic N) is 4. The highest BCUT2D eigenvalue weighted by Gasteiger charge is 2.36. The van der Waals surface area contributed by atoms with E-state index in [2.05, 4.69) is 25.7 Å². The summed E-state index contributed by atoms with van der Waals surface area (Å²) in [6, 6.07) is 10.4. The third-order valence-corrected chi connectivity index (χ3v) is 4.93. The van der Waals surface area contributed by atoms with Gasteiger partial charge in [0, 0.05) is 18.3 Å². The van der Waals surface area contributed by atoms with E-state index in [1.165, 1.54) is 30.4 Å². The number of carbonyl (C=O) groups is 2. The Labute approximate surface area is 176 Å². The molecule has 0 spiro atoms. The van der Waals surface area contributed by atoms with Crippen LogP contribution < -0.4 is 10.6 Å². The Morgan fingerprint density at radius 1 is 1.03 bits per heavy atom. The van der Waals surface area contributed by atoms with Gasteiger partial charge in [0.2, 0.25) is 11.7 Å². The van der Waals surface area contributed by atoms with Crippen LogP contribution in [0.3, 0.4) is 0 Å². The van der Waals surface area contributed by atoms with Crippen LogP contribution in [0.25, 0.3) is 16.3 Å². The summed E-state index contributed by atoms with van der Waals surface area (Å²) in [7, 11) is 0. The van der Waals surface area contributed by atoms with Gasteiger partial charge in [-0.3, -0.25) is 9.59 Å². The summed E-state index contributed by atoms with van der Waals surface area (Å²) in [5.74, 6) is -1.86. The van der Waals surface area contributed by atoms with Gasteiger partial charge >= 0.3 is 6.18 Å². The van der Waals surface area contributed by atoms with E-state index < -0.39 is 23.6 Å². The first-order valence-corrected chi connectivity index (χ1v) is 9.66. The minimum absolute atomic E-state index is 0.0859. The topological polar surface area (TPSA) is 101 Å². The van der Waals surface area contributed by atoms with Gasteiger partial charge in [-0.25, -0.2) is 4.98 Å². The lowest BCUT2D eigenvalue weighted by molar-refractivity contribution is -0.142. The second-order valence-corrected chi connectivity index (χ2v) is 7.31. The van der Waals surface area contributed by atoms with Crippen molar-refractivity contribution in [2.45, 2.75) is 13.1 Å².